The first-order chi connectivity index (χ1) is 27.3. The van der Waals surface area contributed by atoms with Gasteiger partial charge >= 0.3 is 0 Å². The number of ether oxygens (including phenoxy) is 1. The molecule has 290 valence electrons. The summed E-state index contributed by atoms with van der Waals surface area (Å²) < 4.78 is 6.23. The van der Waals surface area contributed by atoms with Crippen molar-refractivity contribution in [2.24, 2.45) is 0 Å². The van der Waals surface area contributed by atoms with Crippen LogP contribution in [0.2, 0.25) is 0 Å². The predicted octanol–water partition coefficient (Wildman–Crippen LogP) is 6.05. The lowest BCUT2D eigenvalue weighted by molar-refractivity contribution is -0.136. The molecule has 7 rings (SSSR count). The predicted molar refractivity (Wildman–Crippen MR) is 216 cm³/mol. The summed E-state index contributed by atoms with van der Waals surface area (Å²) in [6.45, 7) is 9.30. The fourth-order valence-electron chi connectivity index (χ4n) is 7.91. The number of fused-ring (bicyclic) bond motifs is 1. The molecule has 0 spiro atoms. The Balaban J connectivity index is 0.860. The molecule has 11 nitrogen and oxygen atoms in total. The average molecular weight is 756 g/mol. The zero-order chi connectivity index (χ0) is 39.0. The van der Waals surface area contributed by atoms with E-state index in [1.165, 1.54) is 11.1 Å². The van der Waals surface area contributed by atoms with Gasteiger partial charge in [0.25, 0.3) is 11.8 Å². The maximum absolute atomic E-state index is 13.2. The molecule has 1 unspecified atom stereocenters. The summed E-state index contributed by atoms with van der Waals surface area (Å²) in [7, 11) is 0. The molecule has 2 fully saturated rings. The van der Waals surface area contributed by atoms with Crippen molar-refractivity contribution in [2.75, 3.05) is 57.7 Å². The van der Waals surface area contributed by atoms with E-state index in [9.17, 15) is 24.3 Å². The van der Waals surface area contributed by atoms with E-state index in [4.69, 9.17) is 4.74 Å². The molecular weight excluding hydrogens is 707 g/mol. The second kappa shape index (κ2) is 17.8. The maximum atomic E-state index is 13.2. The minimum absolute atomic E-state index is 0.0927. The Hall–Kier alpha value is -5.78. The van der Waals surface area contributed by atoms with Crippen molar-refractivity contribution >= 4 is 40.5 Å². The number of allylic oxidation sites excluding steroid dienone is 1. The summed E-state index contributed by atoms with van der Waals surface area (Å²) in [5.74, 6) is -0.916. The summed E-state index contributed by atoms with van der Waals surface area (Å²) in [6, 6.07) is 30.3. The first-order valence-electron chi connectivity index (χ1n) is 19.6. The third-order valence-electron chi connectivity index (χ3n) is 10.9. The Bertz CT molecular complexity index is 2080. The molecule has 0 aliphatic carbocycles. The number of carbonyl (C=O) groups excluding carboxylic acids is 4. The molecule has 2 saturated heterocycles. The van der Waals surface area contributed by atoms with Gasteiger partial charge < -0.3 is 20.1 Å². The summed E-state index contributed by atoms with van der Waals surface area (Å²) in [5.41, 5.74) is 7.03. The monoisotopic (exact) mass is 755 g/mol. The molecule has 3 aliphatic heterocycles. The number of piperidine rings is 1. The lowest BCUT2D eigenvalue weighted by atomic mass is 9.88. The SMILES string of the molecule is CCC(=C(c1ccc(O)cc1)c1ccc(OCCN2CCCN(CCCNc3ccc4c(c3)C(=O)N(C3CCC(=O)NC3=O)C4=O)CC2)cc1)c1ccccc1. The Kier molecular flexibility index (Phi) is 12.2. The lowest BCUT2D eigenvalue weighted by Crippen LogP contribution is -2.54. The number of imide groups is 2. The quantitative estimate of drug-likeness (QED) is 0.0800. The molecule has 11 heteroatoms. The van der Waals surface area contributed by atoms with Crippen LogP contribution < -0.4 is 15.4 Å². The van der Waals surface area contributed by atoms with E-state index in [1.54, 1.807) is 30.3 Å². The third kappa shape index (κ3) is 8.85. The van der Waals surface area contributed by atoms with E-state index < -0.39 is 29.7 Å². The van der Waals surface area contributed by atoms with Crippen LogP contribution in [0.1, 0.15) is 76.4 Å². The van der Waals surface area contributed by atoms with Crippen LogP contribution in [0, 0.1) is 0 Å². The highest BCUT2D eigenvalue weighted by Gasteiger charge is 2.44. The number of benzene rings is 4. The molecule has 4 aromatic rings. The van der Waals surface area contributed by atoms with Gasteiger partial charge in [-0.3, -0.25) is 34.3 Å². The first kappa shape index (κ1) is 38.5. The second-order valence-electron chi connectivity index (χ2n) is 14.5. The molecule has 56 heavy (non-hydrogen) atoms. The molecule has 3 N–H and O–H groups in total. The van der Waals surface area contributed by atoms with Crippen LogP contribution in [-0.2, 0) is 9.59 Å². The van der Waals surface area contributed by atoms with Crippen molar-refractivity contribution in [3.8, 4) is 11.5 Å². The molecule has 1 atom stereocenters. The summed E-state index contributed by atoms with van der Waals surface area (Å²) in [6.07, 6.45) is 3.09. The molecule has 0 radical (unpaired) electrons. The number of phenols is 1. The van der Waals surface area contributed by atoms with Crippen molar-refractivity contribution < 1.29 is 29.0 Å². The number of rotatable bonds is 14. The molecular formula is C45H49N5O6. The van der Waals surface area contributed by atoms with Crippen molar-refractivity contribution in [2.45, 2.75) is 45.1 Å². The van der Waals surface area contributed by atoms with E-state index in [0.717, 1.165) is 91.6 Å². The number of carbonyl (C=O) groups is 4. The van der Waals surface area contributed by atoms with Gasteiger partial charge in [0.1, 0.15) is 24.1 Å². The van der Waals surface area contributed by atoms with Gasteiger partial charge in [0.05, 0.1) is 11.1 Å². The highest BCUT2D eigenvalue weighted by molar-refractivity contribution is 6.23. The highest BCUT2D eigenvalue weighted by Crippen LogP contribution is 2.36. The van der Waals surface area contributed by atoms with E-state index in [0.29, 0.717) is 13.2 Å². The van der Waals surface area contributed by atoms with Crippen LogP contribution >= 0.6 is 0 Å². The lowest BCUT2D eigenvalue weighted by Gasteiger charge is -2.27. The Labute approximate surface area is 327 Å². The minimum atomic E-state index is -0.971. The van der Waals surface area contributed by atoms with E-state index >= 15 is 0 Å². The molecule has 4 aromatic carbocycles. The van der Waals surface area contributed by atoms with E-state index in [2.05, 4.69) is 63.8 Å². The Morgan fingerprint density at radius 3 is 2.16 bits per heavy atom. The fraction of sp³-hybridized carbons (Fsp3) is 0.333. The summed E-state index contributed by atoms with van der Waals surface area (Å²) in [5, 5.41) is 15.6. The van der Waals surface area contributed by atoms with Crippen molar-refractivity contribution in [3.63, 3.8) is 0 Å². The third-order valence-corrected chi connectivity index (χ3v) is 10.9. The molecule has 4 amide bonds. The van der Waals surface area contributed by atoms with Crippen LogP contribution in [0.3, 0.4) is 0 Å². The Morgan fingerprint density at radius 2 is 1.46 bits per heavy atom. The molecule has 0 saturated carbocycles. The van der Waals surface area contributed by atoms with E-state index in [1.807, 2.05) is 30.3 Å². The summed E-state index contributed by atoms with van der Waals surface area (Å²) in [4.78, 5) is 56.0. The number of hydrogen-bond donors (Lipinski definition) is 3. The fourth-order valence-corrected chi connectivity index (χ4v) is 7.91. The zero-order valence-corrected chi connectivity index (χ0v) is 31.8. The number of phenolic OH excluding ortho intramolecular Hbond substituents is 1. The van der Waals surface area contributed by atoms with E-state index in [-0.39, 0.29) is 29.7 Å². The number of amides is 4. The van der Waals surface area contributed by atoms with Gasteiger partial charge in [-0.15, -0.1) is 0 Å². The number of aromatic hydroxyl groups is 1. The highest BCUT2D eigenvalue weighted by atomic mass is 16.5. The molecule has 3 heterocycles. The summed E-state index contributed by atoms with van der Waals surface area (Å²) >= 11 is 0. The van der Waals surface area contributed by atoms with Crippen LogP contribution in [0.5, 0.6) is 11.5 Å². The van der Waals surface area contributed by atoms with Gasteiger partial charge in [0.2, 0.25) is 11.8 Å². The zero-order valence-electron chi connectivity index (χ0n) is 31.8. The largest absolute Gasteiger partial charge is 0.508 e. The van der Waals surface area contributed by atoms with Gasteiger partial charge in [-0.1, -0.05) is 61.5 Å². The number of nitrogens with one attached hydrogen (secondary N) is 2. The van der Waals surface area contributed by atoms with Crippen molar-refractivity contribution in [1.29, 1.82) is 0 Å². The van der Waals surface area contributed by atoms with Gasteiger partial charge in [-0.25, -0.2) is 0 Å². The van der Waals surface area contributed by atoms with Crippen LogP contribution in [0.4, 0.5) is 5.69 Å². The number of hydrogen-bond acceptors (Lipinski definition) is 9. The van der Waals surface area contributed by atoms with Gasteiger partial charge in [-0.2, -0.15) is 0 Å². The molecule has 0 bridgehead atoms. The first-order valence-corrected chi connectivity index (χ1v) is 19.6. The molecule has 0 aromatic heterocycles. The van der Waals surface area contributed by atoms with Crippen LogP contribution in [0.15, 0.2) is 97.1 Å². The van der Waals surface area contributed by atoms with Crippen molar-refractivity contribution in [3.05, 3.63) is 125 Å². The van der Waals surface area contributed by atoms with Gasteiger partial charge in [-0.05, 0) is 116 Å². The maximum Gasteiger partial charge on any atom is 0.262 e. The molecule has 3 aliphatic rings. The smallest absolute Gasteiger partial charge is 0.262 e. The topological polar surface area (TPSA) is 132 Å². The van der Waals surface area contributed by atoms with Crippen molar-refractivity contribution in [1.82, 2.24) is 20.0 Å². The van der Waals surface area contributed by atoms with Gasteiger partial charge in [0.15, 0.2) is 0 Å². The normalized spacial score (nSPS) is 18.3. The van der Waals surface area contributed by atoms with Crippen LogP contribution in [0.25, 0.3) is 11.1 Å². The Morgan fingerprint density at radius 1 is 0.786 bits per heavy atom. The van der Waals surface area contributed by atoms with Gasteiger partial charge in [0, 0.05) is 38.3 Å². The van der Waals surface area contributed by atoms with Crippen LogP contribution in [-0.4, -0.2) is 102 Å². The standard InChI is InChI=1S/C45H49N5O6/c1-2-37(31-8-4-3-5-9-31)42(32-10-15-35(51)16-11-32)33-12-17-36(18-13-33)56-29-28-49-25-7-24-48(26-27-49)23-6-22-46-34-14-19-38-39(30-34)45(55)50(44(38)54)40-20-21-41(52)47-43(40)53/h3-5,8-19,30,40,46,51H,2,6-7,20-29H2,1H3,(H,47,52,53). The number of anilines is 1. The second-order valence-corrected chi connectivity index (χ2v) is 14.5. The number of nitrogens with zero attached hydrogens (tertiary/aromatic N) is 3. The average Bonchev–Trinajstić information content (AvgIpc) is 3.32. The minimum Gasteiger partial charge on any atom is -0.508 e.